The summed E-state index contributed by atoms with van der Waals surface area (Å²) in [5.41, 5.74) is 0.646. The molecule has 0 bridgehead atoms. The molecule has 1 aromatic rings. The van der Waals surface area contributed by atoms with Gasteiger partial charge in [-0.05, 0) is 25.0 Å². The number of benzene rings is 1. The lowest BCUT2D eigenvalue weighted by atomic mass is 9.85. The summed E-state index contributed by atoms with van der Waals surface area (Å²) in [4.78, 5) is 30.8. The predicted octanol–water partition coefficient (Wildman–Crippen LogP) is 3.12. The maximum Gasteiger partial charge on any atom is 0.422 e. The number of para-hydroxylation sites is 2. The highest BCUT2D eigenvalue weighted by Crippen LogP contribution is 2.35. The number of fused-ring (bicyclic) bond motifs is 1. The van der Waals surface area contributed by atoms with Crippen LogP contribution < -0.4 is 9.64 Å². The van der Waals surface area contributed by atoms with Gasteiger partial charge in [0, 0.05) is 39.3 Å². The lowest BCUT2D eigenvalue weighted by Gasteiger charge is -2.37. The standard InChI is InChI=1S/C22H26F3N3O3.ClH/c23-22(24,25)15-31-19-8-4-3-7-18(19)27-12-9-26(10-13-27)11-14-28-20(29)16-5-1-2-6-17(16)21(28)30;/h1-4,7-8,16-17H,5-6,9-15H2;1H. The van der Waals surface area contributed by atoms with Crippen LogP contribution in [-0.4, -0.2) is 73.7 Å². The van der Waals surface area contributed by atoms with Crippen molar-refractivity contribution in [3.8, 4) is 5.75 Å². The summed E-state index contributed by atoms with van der Waals surface area (Å²) in [6.07, 6.45) is 0.848. The number of hydrogen-bond acceptors (Lipinski definition) is 5. The van der Waals surface area contributed by atoms with E-state index in [1.165, 1.54) is 4.90 Å². The molecule has 2 saturated heterocycles. The molecule has 2 atom stereocenters. The van der Waals surface area contributed by atoms with E-state index in [1.807, 2.05) is 17.1 Å². The van der Waals surface area contributed by atoms with Crippen molar-refractivity contribution in [2.45, 2.75) is 19.0 Å². The molecule has 0 aromatic heterocycles. The third-order valence-corrected chi connectivity index (χ3v) is 6.21. The number of alkyl halides is 3. The molecule has 0 radical (unpaired) electrons. The second kappa shape index (κ2) is 10.1. The molecular weight excluding hydrogens is 447 g/mol. The topological polar surface area (TPSA) is 53.1 Å². The molecule has 2 unspecified atom stereocenters. The Labute approximate surface area is 191 Å². The molecule has 0 saturated carbocycles. The molecule has 6 nitrogen and oxygen atoms in total. The van der Waals surface area contributed by atoms with Crippen LogP contribution in [0.25, 0.3) is 0 Å². The van der Waals surface area contributed by atoms with Gasteiger partial charge in [0.25, 0.3) is 0 Å². The van der Waals surface area contributed by atoms with Gasteiger partial charge in [-0.15, -0.1) is 12.4 Å². The maximum absolute atomic E-state index is 12.6. The Hall–Kier alpha value is -2.26. The number of halogens is 4. The molecule has 2 fully saturated rings. The van der Waals surface area contributed by atoms with Crippen molar-refractivity contribution in [1.29, 1.82) is 0 Å². The van der Waals surface area contributed by atoms with Crippen LogP contribution in [-0.2, 0) is 9.59 Å². The SMILES string of the molecule is Cl.O=C1C2CC=CCC2C(=O)N1CCN1CCN(c2ccccc2OCC(F)(F)F)CC1. The Morgan fingerprint density at radius 2 is 1.50 bits per heavy atom. The summed E-state index contributed by atoms with van der Waals surface area (Å²) in [6.45, 7) is 2.31. The third-order valence-electron chi connectivity index (χ3n) is 6.21. The van der Waals surface area contributed by atoms with Crippen molar-refractivity contribution in [2.75, 3.05) is 50.8 Å². The van der Waals surface area contributed by atoms with Crippen molar-refractivity contribution in [3.63, 3.8) is 0 Å². The van der Waals surface area contributed by atoms with Crippen molar-refractivity contribution < 1.29 is 27.5 Å². The minimum absolute atomic E-state index is 0. The van der Waals surface area contributed by atoms with Crippen LogP contribution in [0.5, 0.6) is 5.75 Å². The zero-order valence-electron chi connectivity index (χ0n) is 17.6. The fourth-order valence-corrected chi connectivity index (χ4v) is 4.54. The quantitative estimate of drug-likeness (QED) is 0.469. The molecule has 10 heteroatoms. The normalized spacial score (nSPS) is 23.8. The fraction of sp³-hybridized carbons (Fsp3) is 0.545. The number of carbonyl (C=O) groups excluding carboxylic acids is 2. The molecule has 0 spiro atoms. The van der Waals surface area contributed by atoms with Gasteiger partial charge in [-0.25, -0.2) is 0 Å². The van der Waals surface area contributed by atoms with E-state index in [0.29, 0.717) is 57.8 Å². The zero-order chi connectivity index (χ0) is 22.0. The van der Waals surface area contributed by atoms with Crippen LogP contribution in [0.2, 0.25) is 0 Å². The van der Waals surface area contributed by atoms with Crippen LogP contribution in [0.3, 0.4) is 0 Å². The highest BCUT2D eigenvalue weighted by atomic mass is 35.5. The molecule has 1 aliphatic carbocycles. The van der Waals surface area contributed by atoms with Crippen LogP contribution in [0, 0.1) is 11.8 Å². The third kappa shape index (κ3) is 5.38. The summed E-state index contributed by atoms with van der Waals surface area (Å²) in [5, 5.41) is 0. The first-order valence-corrected chi connectivity index (χ1v) is 10.6. The lowest BCUT2D eigenvalue weighted by Crippen LogP contribution is -2.49. The minimum atomic E-state index is -4.39. The molecule has 176 valence electrons. The Morgan fingerprint density at radius 3 is 2.09 bits per heavy atom. The van der Waals surface area contributed by atoms with Gasteiger partial charge in [0.2, 0.25) is 11.8 Å². The average Bonchev–Trinajstić information content (AvgIpc) is 3.01. The molecule has 32 heavy (non-hydrogen) atoms. The highest BCUT2D eigenvalue weighted by Gasteiger charge is 2.46. The second-order valence-corrected chi connectivity index (χ2v) is 8.18. The summed E-state index contributed by atoms with van der Waals surface area (Å²) in [6, 6.07) is 6.74. The number of imide groups is 1. The van der Waals surface area contributed by atoms with E-state index in [9.17, 15) is 22.8 Å². The van der Waals surface area contributed by atoms with Gasteiger partial charge in [0.15, 0.2) is 6.61 Å². The first kappa shape index (κ1) is 24.4. The molecule has 2 heterocycles. The fourth-order valence-electron chi connectivity index (χ4n) is 4.54. The summed E-state index contributed by atoms with van der Waals surface area (Å²) in [5.74, 6) is -0.315. The van der Waals surface area contributed by atoms with Crippen molar-refractivity contribution in [2.24, 2.45) is 11.8 Å². The van der Waals surface area contributed by atoms with E-state index in [-0.39, 0.29) is 41.8 Å². The second-order valence-electron chi connectivity index (χ2n) is 8.18. The number of allylic oxidation sites excluding steroid dienone is 2. The molecule has 2 amide bonds. The highest BCUT2D eigenvalue weighted by molar-refractivity contribution is 6.05. The maximum atomic E-state index is 12.6. The number of hydrogen-bond donors (Lipinski definition) is 0. The number of piperazine rings is 1. The molecule has 4 rings (SSSR count). The average molecular weight is 474 g/mol. The summed E-state index contributed by atoms with van der Waals surface area (Å²) in [7, 11) is 0. The summed E-state index contributed by atoms with van der Waals surface area (Å²) < 4.78 is 42.6. The van der Waals surface area contributed by atoms with Crippen molar-refractivity contribution in [1.82, 2.24) is 9.80 Å². The Morgan fingerprint density at radius 1 is 0.906 bits per heavy atom. The van der Waals surface area contributed by atoms with Gasteiger partial charge in [-0.2, -0.15) is 13.2 Å². The number of amides is 2. The largest absolute Gasteiger partial charge is 0.482 e. The van der Waals surface area contributed by atoms with E-state index >= 15 is 0 Å². The number of carbonyl (C=O) groups is 2. The molecule has 2 aliphatic heterocycles. The number of rotatable bonds is 6. The van der Waals surface area contributed by atoms with E-state index in [2.05, 4.69) is 4.90 Å². The Bertz CT molecular complexity index is 830. The van der Waals surface area contributed by atoms with E-state index < -0.39 is 12.8 Å². The van der Waals surface area contributed by atoms with Gasteiger partial charge < -0.3 is 9.64 Å². The molecular formula is C22H27ClF3N3O3. The molecule has 3 aliphatic rings. The van der Waals surface area contributed by atoms with E-state index in [1.54, 1.807) is 24.3 Å². The van der Waals surface area contributed by atoms with Gasteiger partial charge in [-0.1, -0.05) is 24.3 Å². The number of likely N-dealkylation sites (tertiary alicyclic amines) is 1. The first-order valence-electron chi connectivity index (χ1n) is 10.6. The van der Waals surface area contributed by atoms with Gasteiger partial charge >= 0.3 is 6.18 Å². The van der Waals surface area contributed by atoms with E-state index in [4.69, 9.17) is 4.74 Å². The van der Waals surface area contributed by atoms with Gasteiger partial charge in [0.05, 0.1) is 17.5 Å². The Kier molecular flexibility index (Phi) is 7.71. The first-order chi connectivity index (χ1) is 14.8. The number of anilines is 1. The number of ether oxygens (including phenoxy) is 1. The molecule has 1 aromatic carbocycles. The van der Waals surface area contributed by atoms with Crippen molar-refractivity contribution >= 4 is 29.9 Å². The Balaban J connectivity index is 0.00000289. The van der Waals surface area contributed by atoms with E-state index in [0.717, 1.165) is 0 Å². The minimum Gasteiger partial charge on any atom is -0.482 e. The lowest BCUT2D eigenvalue weighted by molar-refractivity contribution is -0.153. The smallest absolute Gasteiger partial charge is 0.422 e. The van der Waals surface area contributed by atoms with Crippen LogP contribution in [0.15, 0.2) is 36.4 Å². The predicted molar refractivity (Wildman–Crippen MR) is 116 cm³/mol. The van der Waals surface area contributed by atoms with Gasteiger partial charge in [-0.3, -0.25) is 19.4 Å². The zero-order valence-corrected chi connectivity index (χ0v) is 18.4. The van der Waals surface area contributed by atoms with Gasteiger partial charge in [0.1, 0.15) is 5.75 Å². The summed E-state index contributed by atoms with van der Waals surface area (Å²) >= 11 is 0. The van der Waals surface area contributed by atoms with Crippen LogP contribution in [0.1, 0.15) is 12.8 Å². The molecule has 0 N–H and O–H groups in total. The van der Waals surface area contributed by atoms with Crippen LogP contribution in [0.4, 0.5) is 18.9 Å². The monoisotopic (exact) mass is 473 g/mol. The van der Waals surface area contributed by atoms with Crippen LogP contribution >= 0.6 is 12.4 Å². The van der Waals surface area contributed by atoms with Crippen molar-refractivity contribution in [3.05, 3.63) is 36.4 Å². The number of nitrogens with zero attached hydrogens (tertiary/aromatic N) is 3.